The quantitative estimate of drug-likeness (QED) is 0.834. The molecule has 0 saturated heterocycles. The molecule has 0 saturated carbocycles. The summed E-state index contributed by atoms with van der Waals surface area (Å²) in [4.78, 5) is 16.6. The van der Waals surface area contributed by atoms with E-state index in [0.29, 0.717) is 5.92 Å². The number of carbonyl (C=O) groups excluding carboxylic acids is 1. The Balaban J connectivity index is 2.25. The van der Waals surface area contributed by atoms with E-state index >= 15 is 0 Å². The van der Waals surface area contributed by atoms with Crippen LogP contribution >= 0.6 is 0 Å². The number of aromatic nitrogens is 1. The minimum absolute atomic E-state index is 0.0372. The van der Waals surface area contributed by atoms with Crippen molar-refractivity contribution in [2.24, 2.45) is 5.92 Å². The molecule has 0 unspecified atom stereocenters. The average Bonchev–Trinajstić information content (AvgIpc) is 2.49. The van der Waals surface area contributed by atoms with Gasteiger partial charge in [-0.25, -0.2) is 0 Å². The molecule has 0 bridgehead atoms. The van der Waals surface area contributed by atoms with E-state index in [1.807, 2.05) is 13.0 Å². The topological polar surface area (TPSA) is 50.2 Å². The molecule has 2 atom stereocenters. The predicted molar refractivity (Wildman–Crippen MR) is 70.5 cm³/mol. The van der Waals surface area contributed by atoms with Crippen LogP contribution in [-0.2, 0) is 11.2 Å². The molecule has 2 rings (SSSR count). The van der Waals surface area contributed by atoms with Crippen LogP contribution in [0.25, 0.3) is 0 Å². The van der Waals surface area contributed by atoms with Crippen molar-refractivity contribution in [1.29, 1.82) is 0 Å². The molecule has 0 aromatic carbocycles. The number of rotatable bonds is 3. The molecule has 1 heterocycles. The van der Waals surface area contributed by atoms with Crippen molar-refractivity contribution in [2.75, 3.05) is 6.61 Å². The van der Waals surface area contributed by atoms with Crippen molar-refractivity contribution < 1.29 is 9.90 Å². The summed E-state index contributed by atoms with van der Waals surface area (Å²) in [5.74, 6) is 0.691. The third-order valence-electron chi connectivity index (χ3n) is 3.88. The van der Waals surface area contributed by atoms with Gasteiger partial charge in [0.25, 0.3) is 0 Å². The molecule has 0 radical (unpaired) electrons. The lowest BCUT2D eigenvalue weighted by atomic mass is 9.93. The Labute approximate surface area is 108 Å². The summed E-state index contributed by atoms with van der Waals surface area (Å²) >= 11 is 0. The number of carbonyl (C=O) groups is 1. The Hall–Kier alpha value is -1.22. The molecule has 0 amide bonds. The second-order valence-electron chi connectivity index (χ2n) is 5.31. The maximum atomic E-state index is 12.0. The van der Waals surface area contributed by atoms with Crippen LogP contribution in [0.4, 0.5) is 0 Å². The van der Waals surface area contributed by atoms with Gasteiger partial charge in [-0.05, 0) is 43.7 Å². The van der Waals surface area contributed by atoms with E-state index in [1.54, 1.807) is 0 Å². The Morgan fingerprint density at radius 2 is 2.22 bits per heavy atom. The zero-order chi connectivity index (χ0) is 13.1. The number of aliphatic hydroxyl groups is 1. The van der Waals surface area contributed by atoms with Crippen LogP contribution in [0.5, 0.6) is 0 Å². The summed E-state index contributed by atoms with van der Waals surface area (Å²) in [6.07, 6.45) is 2.95. The molecule has 1 aromatic heterocycles. The number of aryl methyl sites for hydroxylation is 1. The molecule has 18 heavy (non-hydrogen) atoms. The molecule has 0 aliphatic heterocycles. The Kier molecular flexibility index (Phi) is 4.12. The van der Waals surface area contributed by atoms with Crippen molar-refractivity contribution >= 4 is 5.78 Å². The van der Waals surface area contributed by atoms with Gasteiger partial charge >= 0.3 is 0 Å². The van der Waals surface area contributed by atoms with E-state index in [4.69, 9.17) is 5.11 Å². The summed E-state index contributed by atoms with van der Waals surface area (Å²) in [6.45, 7) is 4.15. The van der Waals surface area contributed by atoms with Crippen LogP contribution < -0.4 is 0 Å². The maximum absolute atomic E-state index is 12.0. The highest BCUT2D eigenvalue weighted by Gasteiger charge is 2.26. The second kappa shape index (κ2) is 5.61. The van der Waals surface area contributed by atoms with Gasteiger partial charge in [-0.15, -0.1) is 0 Å². The summed E-state index contributed by atoms with van der Waals surface area (Å²) in [5, 5.41) is 8.89. The zero-order valence-electron chi connectivity index (χ0n) is 11.1. The number of hydrogen-bond donors (Lipinski definition) is 1. The molecule has 1 aliphatic carbocycles. The largest absolute Gasteiger partial charge is 0.396 e. The summed E-state index contributed by atoms with van der Waals surface area (Å²) in [7, 11) is 0. The molecule has 1 N–H and O–H groups in total. The van der Waals surface area contributed by atoms with E-state index in [1.165, 1.54) is 5.56 Å². The Morgan fingerprint density at radius 1 is 1.44 bits per heavy atom. The van der Waals surface area contributed by atoms with Crippen molar-refractivity contribution in [3.8, 4) is 0 Å². The van der Waals surface area contributed by atoms with Gasteiger partial charge in [0, 0.05) is 30.3 Å². The lowest BCUT2D eigenvalue weighted by Gasteiger charge is -2.12. The first-order chi connectivity index (χ1) is 8.61. The average molecular weight is 247 g/mol. The third-order valence-corrected chi connectivity index (χ3v) is 3.88. The number of nitrogens with zero attached hydrogens (tertiary/aromatic N) is 1. The van der Waals surface area contributed by atoms with Crippen LogP contribution in [0.15, 0.2) is 12.1 Å². The highest BCUT2D eigenvalue weighted by atomic mass is 16.3. The Morgan fingerprint density at radius 3 is 2.94 bits per heavy atom. The van der Waals surface area contributed by atoms with Gasteiger partial charge in [-0.1, -0.05) is 13.0 Å². The van der Waals surface area contributed by atoms with Gasteiger partial charge in [0.1, 0.15) is 5.78 Å². The van der Waals surface area contributed by atoms with Gasteiger partial charge in [-0.2, -0.15) is 0 Å². The molecular weight excluding hydrogens is 226 g/mol. The fourth-order valence-electron chi connectivity index (χ4n) is 2.76. The van der Waals surface area contributed by atoms with Crippen molar-refractivity contribution in [1.82, 2.24) is 4.98 Å². The molecule has 0 spiro atoms. The molecule has 1 aromatic rings. The smallest absolute Gasteiger partial charge is 0.138 e. The molecule has 3 nitrogen and oxygen atoms in total. The molecule has 1 aliphatic rings. The van der Waals surface area contributed by atoms with Gasteiger partial charge in [0.05, 0.1) is 0 Å². The number of pyridine rings is 1. The fourth-order valence-corrected chi connectivity index (χ4v) is 2.76. The highest BCUT2D eigenvalue weighted by molar-refractivity contribution is 5.81. The van der Waals surface area contributed by atoms with E-state index in [0.717, 1.165) is 30.7 Å². The zero-order valence-corrected chi connectivity index (χ0v) is 11.1. The van der Waals surface area contributed by atoms with Gasteiger partial charge in [0.15, 0.2) is 0 Å². The first-order valence-corrected chi connectivity index (χ1v) is 6.71. The normalized spacial score (nSPS) is 23.3. The lowest BCUT2D eigenvalue weighted by molar-refractivity contribution is -0.123. The summed E-state index contributed by atoms with van der Waals surface area (Å²) in [5.41, 5.74) is 3.38. The third kappa shape index (κ3) is 2.78. The number of Topliss-reactive ketones (excluding diaryl/α,β-unsaturated/α-hetero) is 1. The van der Waals surface area contributed by atoms with Crippen LogP contribution in [0.1, 0.15) is 49.1 Å². The summed E-state index contributed by atoms with van der Waals surface area (Å²) in [6, 6.07) is 4.20. The number of hydrogen-bond acceptors (Lipinski definition) is 3. The van der Waals surface area contributed by atoms with E-state index < -0.39 is 0 Å². The molecule has 98 valence electrons. The first kappa shape index (κ1) is 13.2. The van der Waals surface area contributed by atoms with Crippen molar-refractivity contribution in [2.45, 2.75) is 45.4 Å². The van der Waals surface area contributed by atoms with Crippen molar-refractivity contribution in [3.05, 3.63) is 29.1 Å². The van der Waals surface area contributed by atoms with Crippen LogP contribution in [-0.4, -0.2) is 22.5 Å². The molecule has 0 fully saturated rings. The maximum Gasteiger partial charge on any atom is 0.138 e. The second-order valence-corrected chi connectivity index (χ2v) is 5.31. The molecule has 3 heteroatoms. The number of ketones is 1. The molecular formula is C15H21NO2. The highest BCUT2D eigenvalue weighted by Crippen LogP contribution is 2.32. The SMILES string of the molecule is Cc1ccc2c(n1)C[C@@H](C(=O)CCO)CC[C@@H]2C. The standard InChI is InChI=1S/C15H21NO2/c1-10-3-5-12(15(18)7-8-17)9-14-13(10)6-4-11(2)16-14/h4,6,10,12,17H,3,5,7-9H2,1-2H3/t10-,12-/m0/s1. The van der Waals surface area contributed by atoms with E-state index in [9.17, 15) is 4.79 Å². The monoisotopic (exact) mass is 247 g/mol. The van der Waals surface area contributed by atoms with Crippen molar-refractivity contribution in [3.63, 3.8) is 0 Å². The van der Waals surface area contributed by atoms with E-state index in [2.05, 4.69) is 18.0 Å². The summed E-state index contributed by atoms with van der Waals surface area (Å²) < 4.78 is 0. The first-order valence-electron chi connectivity index (χ1n) is 6.71. The number of fused-ring (bicyclic) bond motifs is 1. The van der Waals surface area contributed by atoms with Gasteiger partial charge < -0.3 is 5.11 Å². The predicted octanol–water partition coefficient (Wildman–Crippen LogP) is 2.40. The van der Waals surface area contributed by atoms with Gasteiger partial charge in [0.2, 0.25) is 0 Å². The minimum atomic E-state index is -0.0427. The Bertz CT molecular complexity index is 442. The van der Waals surface area contributed by atoms with Crippen LogP contribution in [0.2, 0.25) is 0 Å². The number of aliphatic hydroxyl groups excluding tert-OH is 1. The minimum Gasteiger partial charge on any atom is -0.396 e. The fraction of sp³-hybridized carbons (Fsp3) is 0.600. The van der Waals surface area contributed by atoms with Gasteiger partial charge in [-0.3, -0.25) is 9.78 Å². The van der Waals surface area contributed by atoms with Crippen LogP contribution in [0.3, 0.4) is 0 Å². The van der Waals surface area contributed by atoms with E-state index in [-0.39, 0.29) is 24.7 Å². The lowest BCUT2D eigenvalue weighted by Crippen LogP contribution is -2.18. The van der Waals surface area contributed by atoms with Crippen LogP contribution in [0, 0.1) is 12.8 Å².